The molecule has 2 N–H and O–H groups in total. The Morgan fingerprint density at radius 3 is 2.00 bits per heavy atom. The highest BCUT2D eigenvalue weighted by atomic mass is 16.1. The zero-order valence-electron chi connectivity index (χ0n) is 7.92. The molecule has 0 fully saturated rings. The number of Topliss-reactive ketones (excluding diaryl/α,β-unsaturated/α-hetero) is 1. The molecule has 0 bridgehead atoms. The van der Waals surface area contributed by atoms with Crippen LogP contribution in [0.15, 0.2) is 0 Å². The molecular formula is C9H19NO. The molecule has 66 valence electrons. The molecule has 0 aromatic carbocycles. The van der Waals surface area contributed by atoms with Gasteiger partial charge < -0.3 is 5.73 Å². The predicted molar refractivity (Wildman–Crippen MR) is 47.3 cm³/mol. The maximum Gasteiger partial charge on any atom is 0.150 e. The molecule has 0 rings (SSSR count). The molecule has 2 heteroatoms. The lowest BCUT2D eigenvalue weighted by Gasteiger charge is -2.14. The van der Waals surface area contributed by atoms with Crippen molar-refractivity contribution in [3.63, 3.8) is 0 Å². The van der Waals surface area contributed by atoms with Gasteiger partial charge in [-0.2, -0.15) is 0 Å². The van der Waals surface area contributed by atoms with E-state index >= 15 is 0 Å². The van der Waals surface area contributed by atoms with E-state index in [-0.39, 0.29) is 17.7 Å². The topological polar surface area (TPSA) is 43.1 Å². The number of carbonyl (C=O) groups is 1. The third-order valence-corrected chi connectivity index (χ3v) is 1.70. The molecule has 0 unspecified atom stereocenters. The van der Waals surface area contributed by atoms with Crippen LogP contribution in [0.3, 0.4) is 0 Å². The van der Waals surface area contributed by atoms with Crippen molar-refractivity contribution in [3.05, 3.63) is 0 Å². The van der Waals surface area contributed by atoms with Crippen molar-refractivity contribution in [1.82, 2.24) is 0 Å². The van der Waals surface area contributed by atoms with Gasteiger partial charge in [0, 0.05) is 6.42 Å². The number of carbonyl (C=O) groups excluding carboxylic acids is 1. The largest absolute Gasteiger partial charge is 0.321 e. The van der Waals surface area contributed by atoms with Crippen LogP contribution in [0.1, 0.15) is 34.1 Å². The molecule has 0 aliphatic carbocycles. The molecular weight excluding hydrogens is 138 g/mol. The Balaban J connectivity index is 3.83. The van der Waals surface area contributed by atoms with E-state index < -0.39 is 0 Å². The molecule has 0 radical (unpaired) electrons. The van der Waals surface area contributed by atoms with E-state index in [0.29, 0.717) is 12.3 Å². The minimum Gasteiger partial charge on any atom is -0.321 e. The highest BCUT2D eigenvalue weighted by Crippen LogP contribution is 2.07. The first kappa shape index (κ1) is 10.6. The summed E-state index contributed by atoms with van der Waals surface area (Å²) in [5, 5.41) is 0. The number of hydrogen-bond acceptors (Lipinski definition) is 2. The summed E-state index contributed by atoms with van der Waals surface area (Å²) in [4.78, 5) is 11.3. The Bertz CT molecular complexity index is 130. The summed E-state index contributed by atoms with van der Waals surface area (Å²) in [6, 6.07) is -0.266. The Hall–Kier alpha value is -0.370. The van der Waals surface area contributed by atoms with E-state index in [1.54, 1.807) is 0 Å². The number of ketones is 1. The third-order valence-electron chi connectivity index (χ3n) is 1.70. The van der Waals surface area contributed by atoms with E-state index in [1.165, 1.54) is 0 Å². The zero-order valence-corrected chi connectivity index (χ0v) is 7.92. The van der Waals surface area contributed by atoms with Gasteiger partial charge in [0.1, 0.15) is 5.78 Å². The van der Waals surface area contributed by atoms with Gasteiger partial charge >= 0.3 is 0 Å². The van der Waals surface area contributed by atoms with Crippen LogP contribution in [0.2, 0.25) is 0 Å². The van der Waals surface area contributed by atoms with Crippen LogP contribution >= 0.6 is 0 Å². The van der Waals surface area contributed by atoms with Crippen molar-refractivity contribution < 1.29 is 4.79 Å². The Morgan fingerprint density at radius 1 is 1.27 bits per heavy atom. The fourth-order valence-electron chi connectivity index (χ4n) is 0.910. The number of nitrogens with two attached hydrogens (primary N) is 1. The summed E-state index contributed by atoms with van der Waals surface area (Å²) in [6.07, 6.45) is 0.610. The smallest absolute Gasteiger partial charge is 0.150 e. The van der Waals surface area contributed by atoms with Gasteiger partial charge in [-0.15, -0.1) is 0 Å². The normalized spacial score (nSPS) is 14.1. The van der Waals surface area contributed by atoms with Crippen LogP contribution in [-0.4, -0.2) is 11.8 Å². The molecule has 0 saturated heterocycles. The molecule has 0 saturated carbocycles. The first-order chi connectivity index (χ1) is 4.95. The first-order valence-electron chi connectivity index (χ1n) is 4.23. The summed E-state index contributed by atoms with van der Waals surface area (Å²) in [5.74, 6) is 0.878. The van der Waals surface area contributed by atoms with Crippen LogP contribution in [-0.2, 0) is 4.79 Å². The summed E-state index contributed by atoms with van der Waals surface area (Å²) >= 11 is 0. The van der Waals surface area contributed by atoms with E-state index in [4.69, 9.17) is 5.73 Å². The highest BCUT2D eigenvalue weighted by molar-refractivity contribution is 5.84. The summed E-state index contributed by atoms with van der Waals surface area (Å²) in [5.41, 5.74) is 5.66. The average molecular weight is 157 g/mol. The molecule has 0 heterocycles. The SMILES string of the molecule is CC(C)CC(=O)[C@H](N)C(C)C. The van der Waals surface area contributed by atoms with E-state index in [9.17, 15) is 4.79 Å². The second-order valence-corrected chi connectivity index (χ2v) is 3.83. The van der Waals surface area contributed by atoms with Crippen LogP contribution in [0.25, 0.3) is 0 Å². The maximum atomic E-state index is 11.3. The fraction of sp³-hybridized carbons (Fsp3) is 0.889. The predicted octanol–water partition coefficient (Wildman–Crippen LogP) is 1.58. The van der Waals surface area contributed by atoms with Gasteiger partial charge in [-0.05, 0) is 11.8 Å². The van der Waals surface area contributed by atoms with Crippen LogP contribution < -0.4 is 5.73 Å². The Morgan fingerprint density at radius 2 is 1.73 bits per heavy atom. The lowest BCUT2D eigenvalue weighted by Crippen LogP contribution is -2.36. The first-order valence-corrected chi connectivity index (χ1v) is 4.23. The molecule has 0 spiro atoms. The molecule has 0 amide bonds. The maximum absolute atomic E-state index is 11.3. The fourth-order valence-corrected chi connectivity index (χ4v) is 0.910. The van der Waals surface area contributed by atoms with Crippen molar-refractivity contribution in [2.45, 2.75) is 40.2 Å². The second kappa shape index (κ2) is 4.50. The van der Waals surface area contributed by atoms with Gasteiger partial charge in [-0.1, -0.05) is 27.7 Å². The van der Waals surface area contributed by atoms with Crippen LogP contribution in [0.5, 0.6) is 0 Å². The van der Waals surface area contributed by atoms with Crippen molar-refractivity contribution in [3.8, 4) is 0 Å². The van der Waals surface area contributed by atoms with Gasteiger partial charge in [0.05, 0.1) is 6.04 Å². The quantitative estimate of drug-likeness (QED) is 0.673. The van der Waals surface area contributed by atoms with Crippen molar-refractivity contribution >= 4 is 5.78 Å². The Labute approximate surface area is 69.2 Å². The molecule has 0 aliphatic rings. The molecule has 0 aliphatic heterocycles. The van der Waals surface area contributed by atoms with Gasteiger partial charge in [-0.25, -0.2) is 0 Å². The summed E-state index contributed by atoms with van der Waals surface area (Å²) in [7, 11) is 0. The van der Waals surface area contributed by atoms with Gasteiger partial charge in [0.2, 0.25) is 0 Å². The van der Waals surface area contributed by atoms with Gasteiger partial charge in [-0.3, -0.25) is 4.79 Å². The lowest BCUT2D eigenvalue weighted by molar-refractivity contribution is -0.121. The minimum absolute atomic E-state index is 0.190. The minimum atomic E-state index is -0.266. The molecule has 0 aromatic rings. The average Bonchev–Trinajstić information content (AvgIpc) is 1.84. The molecule has 0 aromatic heterocycles. The van der Waals surface area contributed by atoms with Gasteiger partial charge in [0.15, 0.2) is 0 Å². The van der Waals surface area contributed by atoms with E-state index in [0.717, 1.165) is 0 Å². The lowest BCUT2D eigenvalue weighted by atomic mass is 9.95. The van der Waals surface area contributed by atoms with Crippen molar-refractivity contribution in [1.29, 1.82) is 0 Å². The van der Waals surface area contributed by atoms with Crippen LogP contribution in [0.4, 0.5) is 0 Å². The second-order valence-electron chi connectivity index (χ2n) is 3.83. The summed E-state index contributed by atoms with van der Waals surface area (Å²) in [6.45, 7) is 8.02. The number of hydrogen-bond donors (Lipinski definition) is 1. The molecule has 1 atom stereocenters. The monoisotopic (exact) mass is 157 g/mol. The highest BCUT2D eigenvalue weighted by Gasteiger charge is 2.17. The van der Waals surface area contributed by atoms with Crippen molar-refractivity contribution in [2.75, 3.05) is 0 Å². The summed E-state index contributed by atoms with van der Waals surface area (Å²) < 4.78 is 0. The van der Waals surface area contributed by atoms with Crippen molar-refractivity contribution in [2.24, 2.45) is 17.6 Å². The molecule has 2 nitrogen and oxygen atoms in total. The Kier molecular flexibility index (Phi) is 4.34. The molecule has 11 heavy (non-hydrogen) atoms. The third kappa shape index (κ3) is 4.14. The van der Waals surface area contributed by atoms with E-state index in [2.05, 4.69) is 0 Å². The zero-order chi connectivity index (χ0) is 9.02. The standard InChI is InChI=1S/C9H19NO/c1-6(2)5-8(11)9(10)7(3)4/h6-7,9H,5,10H2,1-4H3/t9-/m1/s1. The van der Waals surface area contributed by atoms with Crippen LogP contribution in [0, 0.1) is 11.8 Å². The van der Waals surface area contributed by atoms with E-state index in [1.807, 2.05) is 27.7 Å². The van der Waals surface area contributed by atoms with Gasteiger partial charge in [0.25, 0.3) is 0 Å². The number of rotatable bonds is 4.